The Kier molecular flexibility index (Phi) is 4.47. The lowest BCUT2D eigenvalue weighted by molar-refractivity contribution is -0.142. The Morgan fingerprint density at radius 1 is 1.50 bits per heavy atom. The molecule has 0 aliphatic heterocycles. The molecule has 1 amide bonds. The summed E-state index contributed by atoms with van der Waals surface area (Å²) in [5.41, 5.74) is 0. The first-order valence-corrected chi connectivity index (χ1v) is 5.75. The van der Waals surface area contributed by atoms with Gasteiger partial charge in [0.05, 0.1) is 6.20 Å². The Hall–Kier alpha value is -1.85. The highest BCUT2D eigenvalue weighted by Crippen LogP contribution is 2.14. The van der Waals surface area contributed by atoms with Crippen molar-refractivity contribution in [1.29, 1.82) is 0 Å². The minimum absolute atomic E-state index is 0.0602. The molecule has 1 N–H and O–H groups in total. The second-order valence-electron chi connectivity index (χ2n) is 4.64. The van der Waals surface area contributed by atoms with E-state index < -0.39 is 17.9 Å². The number of amides is 1. The van der Waals surface area contributed by atoms with Gasteiger partial charge in [-0.25, -0.2) is 9.78 Å². The van der Waals surface area contributed by atoms with Crippen molar-refractivity contribution in [2.45, 2.75) is 33.2 Å². The number of carboxylic acids is 1. The van der Waals surface area contributed by atoms with Crippen molar-refractivity contribution in [2.24, 2.45) is 5.92 Å². The van der Waals surface area contributed by atoms with E-state index in [1.54, 1.807) is 6.92 Å². The van der Waals surface area contributed by atoms with Crippen molar-refractivity contribution >= 4 is 11.9 Å². The molecule has 6 heteroatoms. The van der Waals surface area contributed by atoms with Gasteiger partial charge in [-0.2, -0.15) is 0 Å². The van der Waals surface area contributed by atoms with Crippen LogP contribution in [0.4, 0.5) is 0 Å². The standard InChI is InChI=1S/C12H18N2O4/c1-7(2)5-9(12(16)17)14(4)11(15)10-6-13-8(3)18-10/h6-7,9H,5H2,1-4H3,(H,16,17). The van der Waals surface area contributed by atoms with E-state index in [0.29, 0.717) is 12.3 Å². The fourth-order valence-electron chi connectivity index (χ4n) is 1.65. The molecule has 0 spiro atoms. The van der Waals surface area contributed by atoms with Gasteiger partial charge in [0, 0.05) is 14.0 Å². The van der Waals surface area contributed by atoms with E-state index in [4.69, 9.17) is 9.52 Å². The molecule has 1 heterocycles. The van der Waals surface area contributed by atoms with E-state index >= 15 is 0 Å². The molecule has 18 heavy (non-hydrogen) atoms. The first kappa shape index (κ1) is 14.2. The number of oxazole rings is 1. The zero-order valence-electron chi connectivity index (χ0n) is 11.0. The van der Waals surface area contributed by atoms with E-state index in [-0.39, 0.29) is 11.7 Å². The van der Waals surface area contributed by atoms with Gasteiger partial charge in [0.1, 0.15) is 6.04 Å². The molecule has 1 unspecified atom stereocenters. The third-order valence-electron chi connectivity index (χ3n) is 2.60. The Labute approximate surface area is 106 Å². The van der Waals surface area contributed by atoms with Crippen LogP contribution in [-0.2, 0) is 4.79 Å². The van der Waals surface area contributed by atoms with Crippen molar-refractivity contribution in [3.05, 3.63) is 17.8 Å². The van der Waals surface area contributed by atoms with Crippen molar-refractivity contribution in [3.8, 4) is 0 Å². The predicted octanol–water partition coefficient (Wildman–Crippen LogP) is 1.55. The molecule has 0 saturated heterocycles. The number of nitrogens with zero attached hydrogens (tertiary/aromatic N) is 2. The molecule has 1 atom stereocenters. The number of rotatable bonds is 5. The monoisotopic (exact) mass is 254 g/mol. The zero-order chi connectivity index (χ0) is 13.9. The van der Waals surface area contributed by atoms with Crippen LogP contribution in [0.15, 0.2) is 10.6 Å². The fraction of sp³-hybridized carbons (Fsp3) is 0.583. The number of aryl methyl sites for hydroxylation is 1. The van der Waals surface area contributed by atoms with Crippen LogP contribution in [-0.4, -0.2) is 40.0 Å². The van der Waals surface area contributed by atoms with Crippen molar-refractivity contribution in [3.63, 3.8) is 0 Å². The van der Waals surface area contributed by atoms with E-state index in [1.807, 2.05) is 13.8 Å². The lowest BCUT2D eigenvalue weighted by Crippen LogP contribution is -2.43. The van der Waals surface area contributed by atoms with Gasteiger partial charge in [-0.05, 0) is 12.3 Å². The average Bonchev–Trinajstić information content (AvgIpc) is 2.70. The summed E-state index contributed by atoms with van der Waals surface area (Å²) < 4.78 is 5.11. The number of hydrogen-bond donors (Lipinski definition) is 1. The van der Waals surface area contributed by atoms with E-state index in [2.05, 4.69) is 4.98 Å². The molecule has 1 aromatic heterocycles. The lowest BCUT2D eigenvalue weighted by atomic mass is 10.0. The zero-order valence-corrected chi connectivity index (χ0v) is 11.0. The van der Waals surface area contributed by atoms with Gasteiger partial charge in [0.25, 0.3) is 5.91 Å². The molecule has 1 aromatic rings. The Morgan fingerprint density at radius 2 is 2.11 bits per heavy atom. The maximum absolute atomic E-state index is 12.0. The second-order valence-corrected chi connectivity index (χ2v) is 4.64. The summed E-state index contributed by atoms with van der Waals surface area (Å²) in [4.78, 5) is 28.2. The minimum atomic E-state index is -1.02. The smallest absolute Gasteiger partial charge is 0.326 e. The molecular formula is C12H18N2O4. The summed E-state index contributed by atoms with van der Waals surface area (Å²) >= 11 is 0. The van der Waals surface area contributed by atoms with Crippen LogP contribution in [0.1, 0.15) is 36.7 Å². The summed E-state index contributed by atoms with van der Waals surface area (Å²) in [6.07, 6.45) is 1.70. The molecule has 0 aromatic carbocycles. The maximum atomic E-state index is 12.0. The number of aromatic nitrogens is 1. The fourth-order valence-corrected chi connectivity index (χ4v) is 1.65. The molecular weight excluding hydrogens is 236 g/mol. The van der Waals surface area contributed by atoms with Crippen molar-refractivity contribution < 1.29 is 19.1 Å². The molecule has 0 saturated carbocycles. The third-order valence-corrected chi connectivity index (χ3v) is 2.60. The molecule has 0 fully saturated rings. The molecule has 0 aliphatic carbocycles. The predicted molar refractivity (Wildman–Crippen MR) is 64.2 cm³/mol. The molecule has 0 aliphatic rings. The van der Waals surface area contributed by atoms with Gasteiger partial charge in [-0.15, -0.1) is 0 Å². The Morgan fingerprint density at radius 3 is 2.50 bits per heavy atom. The number of aliphatic carboxylic acids is 1. The highest BCUT2D eigenvalue weighted by molar-refractivity contribution is 5.93. The molecule has 0 radical (unpaired) electrons. The van der Waals surface area contributed by atoms with Gasteiger partial charge in [0.2, 0.25) is 5.76 Å². The lowest BCUT2D eigenvalue weighted by Gasteiger charge is -2.25. The second kappa shape index (κ2) is 5.66. The normalized spacial score (nSPS) is 12.5. The highest BCUT2D eigenvalue weighted by Gasteiger charge is 2.29. The van der Waals surface area contributed by atoms with Gasteiger partial charge in [-0.3, -0.25) is 4.79 Å². The summed E-state index contributed by atoms with van der Waals surface area (Å²) in [6.45, 7) is 5.44. The SMILES string of the molecule is Cc1ncc(C(=O)N(C)C(CC(C)C)C(=O)O)o1. The van der Waals surface area contributed by atoms with Crippen molar-refractivity contribution in [1.82, 2.24) is 9.88 Å². The van der Waals surface area contributed by atoms with Crippen LogP contribution in [0.3, 0.4) is 0 Å². The highest BCUT2D eigenvalue weighted by atomic mass is 16.4. The maximum Gasteiger partial charge on any atom is 0.326 e. The van der Waals surface area contributed by atoms with Crippen LogP contribution in [0.5, 0.6) is 0 Å². The topological polar surface area (TPSA) is 83.6 Å². The van der Waals surface area contributed by atoms with Crippen LogP contribution in [0.25, 0.3) is 0 Å². The number of hydrogen-bond acceptors (Lipinski definition) is 4. The molecule has 6 nitrogen and oxygen atoms in total. The number of carbonyl (C=O) groups excluding carboxylic acids is 1. The van der Waals surface area contributed by atoms with Crippen molar-refractivity contribution in [2.75, 3.05) is 7.05 Å². The van der Waals surface area contributed by atoms with Gasteiger partial charge >= 0.3 is 5.97 Å². The Bertz CT molecular complexity index is 439. The van der Waals surface area contributed by atoms with Crippen LogP contribution in [0.2, 0.25) is 0 Å². The van der Waals surface area contributed by atoms with Gasteiger partial charge < -0.3 is 14.4 Å². The number of likely N-dealkylation sites (N-methyl/N-ethyl adjacent to an activating group) is 1. The largest absolute Gasteiger partial charge is 0.480 e. The first-order valence-electron chi connectivity index (χ1n) is 5.75. The quantitative estimate of drug-likeness (QED) is 0.861. The number of carbonyl (C=O) groups is 2. The molecule has 1 rings (SSSR count). The van der Waals surface area contributed by atoms with E-state index in [1.165, 1.54) is 18.1 Å². The summed E-state index contributed by atoms with van der Waals surface area (Å²) in [7, 11) is 1.46. The summed E-state index contributed by atoms with van der Waals surface area (Å²) in [5.74, 6) is -0.871. The van der Waals surface area contributed by atoms with Crippen LogP contribution < -0.4 is 0 Å². The Balaban J connectivity index is 2.86. The summed E-state index contributed by atoms with van der Waals surface area (Å²) in [6, 6.07) is -0.858. The van der Waals surface area contributed by atoms with Gasteiger partial charge in [-0.1, -0.05) is 13.8 Å². The van der Waals surface area contributed by atoms with E-state index in [0.717, 1.165) is 0 Å². The molecule has 100 valence electrons. The first-order chi connectivity index (χ1) is 8.32. The average molecular weight is 254 g/mol. The summed E-state index contributed by atoms with van der Waals surface area (Å²) in [5, 5.41) is 9.15. The van der Waals surface area contributed by atoms with Crippen LogP contribution >= 0.6 is 0 Å². The van der Waals surface area contributed by atoms with Gasteiger partial charge in [0.15, 0.2) is 5.89 Å². The van der Waals surface area contributed by atoms with Crippen LogP contribution in [0, 0.1) is 12.8 Å². The molecule has 0 bridgehead atoms. The minimum Gasteiger partial charge on any atom is -0.480 e. The number of carboxylic acid groups (broad SMARTS) is 1. The van der Waals surface area contributed by atoms with E-state index in [9.17, 15) is 9.59 Å². The third kappa shape index (κ3) is 3.32.